The summed E-state index contributed by atoms with van der Waals surface area (Å²) >= 11 is 0. The van der Waals surface area contributed by atoms with Crippen molar-refractivity contribution in [2.45, 2.75) is 31.4 Å². The summed E-state index contributed by atoms with van der Waals surface area (Å²) in [6, 6.07) is 10.0. The Labute approximate surface area is 128 Å². The zero-order valence-corrected chi connectivity index (χ0v) is 12.2. The molecule has 1 aliphatic rings. The Hall–Kier alpha value is -2.27. The molecule has 5 nitrogen and oxygen atoms in total. The van der Waals surface area contributed by atoms with Gasteiger partial charge in [0.05, 0.1) is 24.5 Å². The average Bonchev–Trinajstić information content (AvgIpc) is 3.03. The van der Waals surface area contributed by atoms with Crippen LogP contribution in [0.2, 0.25) is 0 Å². The number of ether oxygens (including phenoxy) is 1. The summed E-state index contributed by atoms with van der Waals surface area (Å²) < 4.78 is 11.1. The van der Waals surface area contributed by atoms with Crippen LogP contribution in [0.15, 0.2) is 47.1 Å². The van der Waals surface area contributed by atoms with Gasteiger partial charge in [-0.1, -0.05) is 12.1 Å². The highest BCUT2D eigenvalue weighted by Gasteiger charge is 2.23. The van der Waals surface area contributed by atoms with Crippen LogP contribution in [0, 0.1) is 0 Å². The zero-order chi connectivity index (χ0) is 15.4. The molecule has 1 unspecified atom stereocenters. The molecule has 1 heterocycles. The molecule has 0 bridgehead atoms. The van der Waals surface area contributed by atoms with Crippen molar-refractivity contribution >= 4 is 5.91 Å². The third-order valence-corrected chi connectivity index (χ3v) is 3.85. The first-order chi connectivity index (χ1) is 10.8. The van der Waals surface area contributed by atoms with E-state index < -0.39 is 6.04 Å². The van der Waals surface area contributed by atoms with Gasteiger partial charge in [-0.15, -0.1) is 0 Å². The maximum Gasteiger partial charge on any atom is 0.255 e. The second-order valence-electron chi connectivity index (χ2n) is 5.39. The normalized spacial score (nSPS) is 15.9. The number of rotatable bonds is 6. The zero-order valence-electron chi connectivity index (χ0n) is 12.2. The quantitative estimate of drug-likeness (QED) is 0.860. The van der Waals surface area contributed by atoms with Crippen LogP contribution in [-0.4, -0.2) is 23.7 Å². The van der Waals surface area contributed by atoms with E-state index in [0.29, 0.717) is 17.1 Å². The number of carbonyl (C=O) groups excluding carboxylic acids is 1. The van der Waals surface area contributed by atoms with Crippen LogP contribution in [0.5, 0.6) is 5.75 Å². The number of aliphatic hydroxyl groups excluding tert-OH is 1. The first-order valence-corrected chi connectivity index (χ1v) is 7.48. The number of para-hydroxylation sites is 1. The van der Waals surface area contributed by atoms with Gasteiger partial charge in [-0.25, -0.2) is 0 Å². The fraction of sp³-hybridized carbons (Fsp3) is 0.353. The number of nitrogens with one attached hydrogen (secondary N) is 1. The Balaban J connectivity index is 1.73. The number of benzene rings is 1. The Morgan fingerprint density at radius 2 is 2.14 bits per heavy atom. The fourth-order valence-electron chi connectivity index (χ4n) is 2.36. The second-order valence-corrected chi connectivity index (χ2v) is 5.39. The van der Waals surface area contributed by atoms with E-state index in [4.69, 9.17) is 9.15 Å². The van der Waals surface area contributed by atoms with E-state index in [1.54, 1.807) is 30.3 Å². The maximum absolute atomic E-state index is 12.5. The molecule has 1 fully saturated rings. The van der Waals surface area contributed by atoms with Gasteiger partial charge in [0.15, 0.2) is 0 Å². The molecule has 1 aromatic carbocycles. The van der Waals surface area contributed by atoms with Crippen molar-refractivity contribution in [1.29, 1.82) is 0 Å². The molecule has 2 N–H and O–H groups in total. The summed E-state index contributed by atoms with van der Waals surface area (Å²) in [6.45, 7) is -0.231. The van der Waals surface area contributed by atoms with Crippen LogP contribution in [0.1, 0.15) is 41.4 Å². The fourth-order valence-corrected chi connectivity index (χ4v) is 2.36. The van der Waals surface area contributed by atoms with Crippen molar-refractivity contribution in [3.8, 4) is 5.75 Å². The molecule has 1 amide bonds. The van der Waals surface area contributed by atoms with Crippen molar-refractivity contribution in [2.75, 3.05) is 6.61 Å². The number of hydrogen-bond acceptors (Lipinski definition) is 4. The minimum absolute atomic E-state index is 0.202. The summed E-state index contributed by atoms with van der Waals surface area (Å²) in [7, 11) is 0. The molecule has 1 atom stereocenters. The van der Waals surface area contributed by atoms with Gasteiger partial charge in [-0.3, -0.25) is 4.79 Å². The van der Waals surface area contributed by atoms with Crippen LogP contribution in [0.3, 0.4) is 0 Å². The van der Waals surface area contributed by atoms with Crippen LogP contribution in [0.25, 0.3) is 0 Å². The molecule has 0 radical (unpaired) electrons. The van der Waals surface area contributed by atoms with Crippen molar-refractivity contribution in [3.63, 3.8) is 0 Å². The minimum Gasteiger partial charge on any atom is -0.490 e. The van der Waals surface area contributed by atoms with Gasteiger partial charge >= 0.3 is 0 Å². The molecule has 3 rings (SSSR count). The van der Waals surface area contributed by atoms with E-state index in [2.05, 4.69) is 5.32 Å². The molecule has 1 saturated carbocycles. The monoisotopic (exact) mass is 301 g/mol. The standard InChI is InChI=1S/C17H19NO4/c19-11-14(16-9-4-10-21-16)18-17(20)13-7-1-2-8-15(13)22-12-5-3-6-12/h1-2,4,7-10,12,14,19H,3,5-6,11H2,(H,18,20). The lowest BCUT2D eigenvalue weighted by Crippen LogP contribution is -2.32. The lowest BCUT2D eigenvalue weighted by atomic mass is 9.96. The number of furan rings is 1. The van der Waals surface area contributed by atoms with Crippen molar-refractivity contribution in [3.05, 3.63) is 54.0 Å². The van der Waals surface area contributed by atoms with Gasteiger partial charge in [-0.2, -0.15) is 0 Å². The average molecular weight is 301 g/mol. The Morgan fingerprint density at radius 1 is 1.32 bits per heavy atom. The third kappa shape index (κ3) is 3.14. The second kappa shape index (κ2) is 6.66. The third-order valence-electron chi connectivity index (χ3n) is 3.85. The summed E-state index contributed by atoms with van der Waals surface area (Å²) in [5.41, 5.74) is 0.472. The van der Waals surface area contributed by atoms with Gasteiger partial charge in [0, 0.05) is 0 Å². The van der Waals surface area contributed by atoms with Crippen molar-refractivity contribution < 1.29 is 19.1 Å². The van der Waals surface area contributed by atoms with Crippen LogP contribution >= 0.6 is 0 Å². The molecule has 1 aliphatic carbocycles. The van der Waals surface area contributed by atoms with E-state index >= 15 is 0 Å². The molecule has 1 aromatic heterocycles. The largest absolute Gasteiger partial charge is 0.490 e. The molecule has 0 aliphatic heterocycles. The highest BCUT2D eigenvalue weighted by molar-refractivity contribution is 5.97. The lowest BCUT2D eigenvalue weighted by Gasteiger charge is -2.27. The lowest BCUT2D eigenvalue weighted by molar-refractivity contribution is 0.0884. The van der Waals surface area contributed by atoms with Crippen LogP contribution < -0.4 is 10.1 Å². The van der Waals surface area contributed by atoms with E-state index in [1.807, 2.05) is 6.07 Å². The van der Waals surface area contributed by atoms with E-state index in [-0.39, 0.29) is 18.6 Å². The molecule has 0 saturated heterocycles. The van der Waals surface area contributed by atoms with Crippen molar-refractivity contribution in [2.24, 2.45) is 0 Å². The SMILES string of the molecule is O=C(NC(CO)c1ccco1)c1ccccc1OC1CCC1. The highest BCUT2D eigenvalue weighted by Crippen LogP contribution is 2.28. The van der Waals surface area contributed by atoms with E-state index in [1.165, 1.54) is 12.7 Å². The Morgan fingerprint density at radius 3 is 2.77 bits per heavy atom. The molecular formula is C17H19NO4. The topological polar surface area (TPSA) is 71.7 Å². The number of carbonyl (C=O) groups is 1. The Bertz CT molecular complexity index is 619. The predicted octanol–water partition coefficient (Wildman–Crippen LogP) is 2.67. The Kier molecular flexibility index (Phi) is 4.44. The molecule has 5 heteroatoms. The van der Waals surface area contributed by atoms with Gasteiger partial charge in [0.2, 0.25) is 0 Å². The van der Waals surface area contributed by atoms with E-state index in [0.717, 1.165) is 12.8 Å². The van der Waals surface area contributed by atoms with Crippen molar-refractivity contribution in [1.82, 2.24) is 5.32 Å². The first kappa shape index (κ1) is 14.7. The number of hydrogen-bond donors (Lipinski definition) is 2. The molecule has 0 spiro atoms. The summed E-state index contributed by atoms with van der Waals surface area (Å²) in [5, 5.41) is 12.2. The smallest absolute Gasteiger partial charge is 0.255 e. The van der Waals surface area contributed by atoms with Gasteiger partial charge < -0.3 is 19.6 Å². The van der Waals surface area contributed by atoms with Crippen LogP contribution in [-0.2, 0) is 0 Å². The predicted molar refractivity (Wildman–Crippen MR) is 80.7 cm³/mol. The molecule has 116 valence electrons. The maximum atomic E-state index is 12.5. The molecule has 2 aromatic rings. The summed E-state index contributed by atoms with van der Waals surface area (Å²) in [4.78, 5) is 12.5. The van der Waals surface area contributed by atoms with Gasteiger partial charge in [-0.05, 0) is 43.5 Å². The molecular weight excluding hydrogens is 282 g/mol. The summed E-state index contributed by atoms with van der Waals surface area (Å²) in [5.74, 6) is 0.819. The highest BCUT2D eigenvalue weighted by atomic mass is 16.5. The van der Waals surface area contributed by atoms with Crippen LogP contribution in [0.4, 0.5) is 0 Å². The summed E-state index contributed by atoms with van der Waals surface area (Å²) in [6.07, 6.45) is 4.94. The van der Waals surface area contributed by atoms with Gasteiger partial charge in [0.1, 0.15) is 17.6 Å². The minimum atomic E-state index is -0.570. The van der Waals surface area contributed by atoms with Gasteiger partial charge in [0.25, 0.3) is 5.91 Å². The number of aliphatic hydroxyl groups is 1. The number of amides is 1. The van der Waals surface area contributed by atoms with E-state index in [9.17, 15) is 9.90 Å². The first-order valence-electron chi connectivity index (χ1n) is 7.48. The molecule has 22 heavy (non-hydrogen) atoms.